The van der Waals surface area contributed by atoms with Crippen LogP contribution in [0.3, 0.4) is 0 Å². The molecule has 0 aromatic rings. The van der Waals surface area contributed by atoms with Gasteiger partial charge in [0.25, 0.3) is 0 Å². The van der Waals surface area contributed by atoms with Gasteiger partial charge in [-0.15, -0.1) is 11.8 Å². The maximum atomic E-state index is 11.6. The van der Waals surface area contributed by atoms with Crippen LogP contribution in [0.15, 0.2) is 0 Å². The molecule has 1 aliphatic rings. The predicted molar refractivity (Wildman–Crippen MR) is 74.8 cm³/mol. The third kappa shape index (κ3) is 6.07. The van der Waals surface area contributed by atoms with Gasteiger partial charge in [0.1, 0.15) is 0 Å². The second-order valence-electron chi connectivity index (χ2n) is 5.25. The molecule has 2 N–H and O–H groups in total. The third-order valence-corrected chi connectivity index (χ3v) is 4.27. The molecule has 106 valence electrons. The zero-order valence-electron chi connectivity index (χ0n) is 11.4. The summed E-state index contributed by atoms with van der Waals surface area (Å²) in [7, 11) is 1.65. The molecule has 1 amide bonds. The maximum Gasteiger partial charge on any atom is 0.230 e. The minimum Gasteiger partial charge on any atom is -0.388 e. The van der Waals surface area contributed by atoms with Crippen molar-refractivity contribution in [3.63, 3.8) is 0 Å². The summed E-state index contributed by atoms with van der Waals surface area (Å²) in [6, 6.07) is 0. The van der Waals surface area contributed by atoms with E-state index in [1.807, 2.05) is 0 Å². The number of ether oxygens (including phenoxy) is 1. The van der Waals surface area contributed by atoms with Gasteiger partial charge in [-0.25, -0.2) is 0 Å². The first-order valence-electron chi connectivity index (χ1n) is 6.61. The molecule has 2 atom stereocenters. The molecule has 0 radical (unpaired) electrons. The highest BCUT2D eigenvalue weighted by atomic mass is 32.2. The number of thioether (sulfide) groups is 1. The molecule has 1 saturated carbocycles. The molecule has 0 spiro atoms. The Bertz CT molecular complexity index is 263. The van der Waals surface area contributed by atoms with Crippen LogP contribution in [0.4, 0.5) is 0 Å². The van der Waals surface area contributed by atoms with E-state index in [4.69, 9.17) is 4.74 Å². The Hall–Kier alpha value is -0.260. The van der Waals surface area contributed by atoms with Crippen LogP contribution >= 0.6 is 11.8 Å². The third-order valence-electron chi connectivity index (χ3n) is 3.35. The molecule has 1 fully saturated rings. The summed E-state index contributed by atoms with van der Waals surface area (Å²) in [5, 5.41) is 13.2. The molecule has 0 saturated heterocycles. The van der Waals surface area contributed by atoms with Gasteiger partial charge in [-0.1, -0.05) is 19.8 Å². The van der Waals surface area contributed by atoms with E-state index in [0.717, 1.165) is 25.0 Å². The first-order valence-corrected chi connectivity index (χ1v) is 7.77. The van der Waals surface area contributed by atoms with Crippen molar-refractivity contribution in [3.8, 4) is 0 Å². The molecular formula is C13H25NO3S. The van der Waals surface area contributed by atoms with Gasteiger partial charge in [-0.05, 0) is 18.8 Å². The van der Waals surface area contributed by atoms with E-state index in [0.29, 0.717) is 24.8 Å². The van der Waals surface area contributed by atoms with Gasteiger partial charge >= 0.3 is 0 Å². The van der Waals surface area contributed by atoms with Gasteiger partial charge in [0.05, 0.1) is 18.0 Å². The van der Waals surface area contributed by atoms with Crippen LogP contribution in [0.5, 0.6) is 0 Å². The van der Waals surface area contributed by atoms with Crippen LogP contribution in [0.25, 0.3) is 0 Å². The lowest BCUT2D eigenvalue weighted by Crippen LogP contribution is -2.46. The van der Waals surface area contributed by atoms with Crippen LogP contribution in [-0.2, 0) is 9.53 Å². The number of amides is 1. The Morgan fingerprint density at radius 1 is 1.61 bits per heavy atom. The van der Waals surface area contributed by atoms with Gasteiger partial charge < -0.3 is 15.2 Å². The highest BCUT2D eigenvalue weighted by Crippen LogP contribution is 2.31. The molecule has 18 heavy (non-hydrogen) atoms. The molecule has 1 rings (SSSR count). The van der Waals surface area contributed by atoms with Crippen LogP contribution < -0.4 is 5.32 Å². The van der Waals surface area contributed by atoms with E-state index < -0.39 is 5.60 Å². The van der Waals surface area contributed by atoms with E-state index >= 15 is 0 Å². The van der Waals surface area contributed by atoms with Crippen molar-refractivity contribution in [2.24, 2.45) is 5.92 Å². The minimum absolute atomic E-state index is 0.00255. The van der Waals surface area contributed by atoms with Crippen LogP contribution in [-0.4, -0.2) is 48.4 Å². The number of methoxy groups -OCH3 is 1. The van der Waals surface area contributed by atoms with Gasteiger partial charge in [0, 0.05) is 19.4 Å². The molecule has 0 bridgehead atoms. The standard InChI is InChI=1S/C13H25NO3S/c1-11-4-3-5-13(16,8-11)10-14-12(15)9-18-7-6-17-2/h11,16H,3-10H2,1-2H3,(H,14,15). The van der Waals surface area contributed by atoms with E-state index in [1.54, 1.807) is 18.9 Å². The summed E-state index contributed by atoms with van der Waals surface area (Å²) in [6.45, 7) is 3.22. The van der Waals surface area contributed by atoms with Gasteiger partial charge in [0.15, 0.2) is 0 Å². The summed E-state index contributed by atoms with van der Waals surface area (Å²) in [5.74, 6) is 1.82. The Morgan fingerprint density at radius 2 is 2.39 bits per heavy atom. The molecule has 5 heteroatoms. The lowest BCUT2D eigenvalue weighted by molar-refractivity contribution is -0.120. The lowest BCUT2D eigenvalue weighted by atomic mass is 9.79. The highest BCUT2D eigenvalue weighted by molar-refractivity contribution is 7.99. The Kier molecular flexibility index (Phi) is 7.04. The van der Waals surface area contributed by atoms with Crippen molar-refractivity contribution in [2.75, 3.05) is 31.8 Å². The number of hydrogen-bond donors (Lipinski definition) is 2. The first-order chi connectivity index (χ1) is 8.56. The smallest absolute Gasteiger partial charge is 0.230 e. The maximum absolute atomic E-state index is 11.6. The van der Waals surface area contributed by atoms with E-state index in [-0.39, 0.29) is 5.91 Å². The van der Waals surface area contributed by atoms with Crippen molar-refractivity contribution >= 4 is 17.7 Å². The number of nitrogens with one attached hydrogen (secondary N) is 1. The molecule has 0 aromatic carbocycles. The minimum atomic E-state index is -0.690. The normalized spacial score (nSPS) is 28.1. The van der Waals surface area contributed by atoms with Crippen molar-refractivity contribution in [1.82, 2.24) is 5.32 Å². The summed E-state index contributed by atoms with van der Waals surface area (Å²) < 4.78 is 4.91. The highest BCUT2D eigenvalue weighted by Gasteiger charge is 2.32. The van der Waals surface area contributed by atoms with Crippen LogP contribution in [0.2, 0.25) is 0 Å². The van der Waals surface area contributed by atoms with Crippen molar-refractivity contribution < 1.29 is 14.6 Å². The number of carbonyl (C=O) groups excluding carboxylic acids is 1. The van der Waals surface area contributed by atoms with Crippen molar-refractivity contribution in [3.05, 3.63) is 0 Å². The van der Waals surface area contributed by atoms with E-state index in [1.165, 1.54) is 6.42 Å². The number of hydrogen-bond acceptors (Lipinski definition) is 4. The van der Waals surface area contributed by atoms with Gasteiger partial charge in [-0.3, -0.25) is 4.79 Å². The summed E-state index contributed by atoms with van der Waals surface area (Å²) in [6.07, 6.45) is 3.83. The number of aliphatic hydroxyl groups is 1. The zero-order valence-corrected chi connectivity index (χ0v) is 12.2. The summed E-state index contributed by atoms with van der Waals surface area (Å²) in [5.41, 5.74) is -0.690. The largest absolute Gasteiger partial charge is 0.388 e. The Morgan fingerprint density at radius 3 is 3.06 bits per heavy atom. The predicted octanol–water partition coefficient (Wildman–Crippen LogP) is 1.42. The molecule has 0 heterocycles. The average Bonchev–Trinajstić information content (AvgIpc) is 2.32. The molecule has 0 aliphatic heterocycles. The molecule has 1 aliphatic carbocycles. The fraction of sp³-hybridized carbons (Fsp3) is 0.923. The topological polar surface area (TPSA) is 58.6 Å². The molecular weight excluding hydrogens is 250 g/mol. The molecule has 4 nitrogen and oxygen atoms in total. The monoisotopic (exact) mass is 275 g/mol. The van der Waals surface area contributed by atoms with Crippen LogP contribution in [0, 0.1) is 5.92 Å². The van der Waals surface area contributed by atoms with Crippen LogP contribution in [0.1, 0.15) is 32.6 Å². The van der Waals surface area contributed by atoms with Crippen molar-refractivity contribution in [2.45, 2.75) is 38.2 Å². The molecule has 2 unspecified atom stereocenters. The zero-order chi connectivity index (χ0) is 13.4. The second kappa shape index (κ2) is 8.02. The van der Waals surface area contributed by atoms with Gasteiger partial charge in [0.2, 0.25) is 5.91 Å². The average molecular weight is 275 g/mol. The lowest BCUT2D eigenvalue weighted by Gasteiger charge is -2.35. The molecule has 0 aromatic heterocycles. The SMILES string of the molecule is COCCSCC(=O)NCC1(O)CCCC(C)C1. The van der Waals surface area contributed by atoms with E-state index in [9.17, 15) is 9.90 Å². The number of carbonyl (C=O) groups is 1. The second-order valence-corrected chi connectivity index (χ2v) is 6.35. The quantitative estimate of drug-likeness (QED) is 0.690. The number of rotatable bonds is 7. The van der Waals surface area contributed by atoms with Gasteiger partial charge in [-0.2, -0.15) is 0 Å². The Labute approximate surface area is 114 Å². The fourth-order valence-corrected chi connectivity index (χ4v) is 3.13. The first kappa shape index (κ1) is 15.8. The van der Waals surface area contributed by atoms with Crippen molar-refractivity contribution in [1.29, 1.82) is 0 Å². The summed E-state index contributed by atoms with van der Waals surface area (Å²) >= 11 is 1.55. The Balaban J connectivity index is 2.16. The summed E-state index contributed by atoms with van der Waals surface area (Å²) in [4.78, 5) is 11.6. The fourth-order valence-electron chi connectivity index (χ4n) is 2.41. The van der Waals surface area contributed by atoms with E-state index in [2.05, 4.69) is 12.2 Å².